The molecule has 1 heterocycles. The predicted octanol–water partition coefficient (Wildman–Crippen LogP) is 5.04. The lowest BCUT2D eigenvalue weighted by Gasteiger charge is -2.29. The van der Waals surface area contributed by atoms with Gasteiger partial charge in [0, 0.05) is 11.5 Å². The van der Waals surface area contributed by atoms with Gasteiger partial charge in [0.25, 0.3) is 0 Å². The highest BCUT2D eigenvalue weighted by molar-refractivity contribution is 5.63. The second kappa shape index (κ2) is 7.81. The molecule has 128 valence electrons. The molecule has 0 amide bonds. The molecule has 0 atom stereocenters. The van der Waals surface area contributed by atoms with Gasteiger partial charge in [-0.3, -0.25) is 4.39 Å². The van der Waals surface area contributed by atoms with Crippen LogP contribution in [0.2, 0.25) is 0 Å². The number of ether oxygens (including phenoxy) is 2. The molecule has 0 radical (unpaired) electrons. The van der Waals surface area contributed by atoms with Crippen molar-refractivity contribution in [2.75, 3.05) is 19.9 Å². The standard InChI is InChI=1S/C19H19F3O2/c20-9-1-2-13-11-23-19(24-12-13)15-5-3-14(4-6-15)16-7-8-17(21)18(22)10-16/h3-8,10,13,19H,1-2,9,11-12H2. The van der Waals surface area contributed by atoms with Crippen molar-refractivity contribution in [3.8, 4) is 11.1 Å². The average Bonchev–Trinajstić information content (AvgIpc) is 2.63. The van der Waals surface area contributed by atoms with Gasteiger partial charge in [-0.15, -0.1) is 0 Å². The van der Waals surface area contributed by atoms with E-state index in [9.17, 15) is 13.2 Å². The Morgan fingerprint density at radius 2 is 1.54 bits per heavy atom. The quantitative estimate of drug-likeness (QED) is 0.761. The maximum absolute atomic E-state index is 13.3. The van der Waals surface area contributed by atoms with Crippen LogP contribution in [0.3, 0.4) is 0 Å². The van der Waals surface area contributed by atoms with Crippen LogP contribution < -0.4 is 0 Å². The lowest BCUT2D eigenvalue weighted by molar-refractivity contribution is -0.206. The first-order chi connectivity index (χ1) is 11.7. The van der Waals surface area contributed by atoms with E-state index in [1.54, 1.807) is 0 Å². The van der Waals surface area contributed by atoms with Crippen LogP contribution in [-0.2, 0) is 9.47 Å². The Labute approximate surface area is 139 Å². The average molecular weight is 336 g/mol. The van der Waals surface area contributed by atoms with Crippen molar-refractivity contribution in [3.05, 3.63) is 59.7 Å². The molecule has 5 heteroatoms. The molecule has 0 N–H and O–H groups in total. The summed E-state index contributed by atoms with van der Waals surface area (Å²) in [6, 6.07) is 11.2. The van der Waals surface area contributed by atoms with Crippen LogP contribution in [0.5, 0.6) is 0 Å². The van der Waals surface area contributed by atoms with E-state index in [4.69, 9.17) is 9.47 Å². The van der Waals surface area contributed by atoms with Crippen LogP contribution in [0.1, 0.15) is 24.7 Å². The van der Waals surface area contributed by atoms with Gasteiger partial charge >= 0.3 is 0 Å². The van der Waals surface area contributed by atoms with Gasteiger partial charge in [-0.25, -0.2) is 8.78 Å². The number of hydrogen-bond donors (Lipinski definition) is 0. The molecule has 2 aromatic rings. The lowest BCUT2D eigenvalue weighted by Crippen LogP contribution is -2.27. The van der Waals surface area contributed by atoms with Crippen LogP contribution in [0.25, 0.3) is 11.1 Å². The summed E-state index contributed by atoms with van der Waals surface area (Å²) in [7, 11) is 0. The summed E-state index contributed by atoms with van der Waals surface area (Å²) in [6.07, 6.45) is 0.856. The fourth-order valence-electron chi connectivity index (χ4n) is 2.78. The Hall–Kier alpha value is -1.85. The minimum Gasteiger partial charge on any atom is -0.348 e. The molecule has 1 saturated heterocycles. The highest BCUT2D eigenvalue weighted by Gasteiger charge is 2.23. The molecule has 1 aliphatic heterocycles. The van der Waals surface area contributed by atoms with Crippen LogP contribution >= 0.6 is 0 Å². The molecule has 1 aliphatic rings. The molecule has 2 nitrogen and oxygen atoms in total. The van der Waals surface area contributed by atoms with Crippen molar-refractivity contribution in [3.63, 3.8) is 0 Å². The minimum atomic E-state index is -0.866. The van der Waals surface area contributed by atoms with E-state index in [0.29, 0.717) is 25.2 Å². The lowest BCUT2D eigenvalue weighted by atomic mass is 10.0. The topological polar surface area (TPSA) is 18.5 Å². The van der Waals surface area contributed by atoms with E-state index in [0.717, 1.165) is 23.6 Å². The maximum atomic E-state index is 13.3. The zero-order valence-electron chi connectivity index (χ0n) is 13.2. The van der Waals surface area contributed by atoms with Gasteiger partial charge in [0.1, 0.15) is 0 Å². The molecular formula is C19H19F3O2. The number of halogens is 3. The molecule has 0 unspecified atom stereocenters. The maximum Gasteiger partial charge on any atom is 0.183 e. The predicted molar refractivity (Wildman–Crippen MR) is 85.1 cm³/mol. The first-order valence-corrected chi connectivity index (χ1v) is 8.02. The van der Waals surface area contributed by atoms with E-state index in [2.05, 4.69) is 0 Å². The zero-order chi connectivity index (χ0) is 16.9. The van der Waals surface area contributed by atoms with E-state index in [1.165, 1.54) is 12.1 Å². The summed E-state index contributed by atoms with van der Waals surface area (Å²) in [5.74, 6) is -1.49. The fraction of sp³-hybridized carbons (Fsp3) is 0.368. The molecule has 1 fully saturated rings. The van der Waals surface area contributed by atoms with Gasteiger partial charge in [-0.2, -0.15) is 0 Å². The summed E-state index contributed by atoms with van der Waals surface area (Å²) in [5.41, 5.74) is 2.26. The molecule has 0 bridgehead atoms. The third-order valence-corrected chi connectivity index (χ3v) is 4.15. The Morgan fingerprint density at radius 3 is 2.17 bits per heavy atom. The van der Waals surface area contributed by atoms with Crippen molar-refractivity contribution < 1.29 is 22.6 Å². The van der Waals surface area contributed by atoms with E-state index in [1.807, 2.05) is 24.3 Å². The molecular weight excluding hydrogens is 317 g/mol. The van der Waals surface area contributed by atoms with Crippen LogP contribution in [0, 0.1) is 17.6 Å². The van der Waals surface area contributed by atoms with Crippen LogP contribution in [0.4, 0.5) is 13.2 Å². The third-order valence-electron chi connectivity index (χ3n) is 4.15. The monoisotopic (exact) mass is 336 g/mol. The largest absolute Gasteiger partial charge is 0.348 e. The summed E-state index contributed by atoms with van der Waals surface area (Å²) in [5, 5.41) is 0. The summed E-state index contributed by atoms with van der Waals surface area (Å²) in [6.45, 7) is 0.788. The minimum absolute atomic E-state index is 0.235. The Kier molecular flexibility index (Phi) is 5.53. The van der Waals surface area contributed by atoms with Crippen molar-refractivity contribution in [2.24, 2.45) is 5.92 Å². The molecule has 0 spiro atoms. The normalized spacial score (nSPS) is 21.0. The second-order valence-electron chi connectivity index (χ2n) is 5.95. The Balaban J connectivity index is 1.64. The molecule has 0 aromatic heterocycles. The van der Waals surface area contributed by atoms with E-state index in [-0.39, 0.29) is 12.6 Å². The van der Waals surface area contributed by atoms with Crippen LogP contribution in [0.15, 0.2) is 42.5 Å². The Morgan fingerprint density at radius 1 is 0.875 bits per heavy atom. The van der Waals surface area contributed by atoms with Gasteiger partial charge in [0.15, 0.2) is 17.9 Å². The highest BCUT2D eigenvalue weighted by atomic mass is 19.2. The fourth-order valence-corrected chi connectivity index (χ4v) is 2.78. The summed E-state index contributed by atoms with van der Waals surface area (Å²) >= 11 is 0. The van der Waals surface area contributed by atoms with Gasteiger partial charge < -0.3 is 9.47 Å². The summed E-state index contributed by atoms with van der Waals surface area (Å²) in [4.78, 5) is 0. The molecule has 0 aliphatic carbocycles. The summed E-state index contributed by atoms with van der Waals surface area (Å²) < 4.78 is 49.9. The van der Waals surface area contributed by atoms with E-state index < -0.39 is 17.9 Å². The van der Waals surface area contributed by atoms with Crippen molar-refractivity contribution in [2.45, 2.75) is 19.1 Å². The molecule has 24 heavy (non-hydrogen) atoms. The second-order valence-corrected chi connectivity index (χ2v) is 5.95. The smallest absolute Gasteiger partial charge is 0.183 e. The van der Waals surface area contributed by atoms with Crippen molar-refractivity contribution >= 4 is 0 Å². The first-order valence-electron chi connectivity index (χ1n) is 8.02. The Bertz CT molecular complexity index is 665. The van der Waals surface area contributed by atoms with Crippen LogP contribution in [-0.4, -0.2) is 19.9 Å². The first kappa shape index (κ1) is 17.0. The highest BCUT2D eigenvalue weighted by Crippen LogP contribution is 2.29. The number of hydrogen-bond acceptors (Lipinski definition) is 2. The van der Waals surface area contributed by atoms with Gasteiger partial charge in [-0.1, -0.05) is 30.3 Å². The number of alkyl halides is 1. The SMILES string of the molecule is FCCCC1COC(c2ccc(-c3ccc(F)c(F)c3)cc2)OC1. The van der Waals surface area contributed by atoms with Gasteiger partial charge in [0.2, 0.25) is 0 Å². The van der Waals surface area contributed by atoms with Crippen molar-refractivity contribution in [1.29, 1.82) is 0 Å². The van der Waals surface area contributed by atoms with Gasteiger partial charge in [-0.05, 0) is 36.1 Å². The van der Waals surface area contributed by atoms with Crippen molar-refractivity contribution in [1.82, 2.24) is 0 Å². The number of rotatable bonds is 5. The molecule has 2 aromatic carbocycles. The van der Waals surface area contributed by atoms with Gasteiger partial charge in [0.05, 0.1) is 19.9 Å². The molecule has 0 saturated carbocycles. The van der Waals surface area contributed by atoms with E-state index >= 15 is 0 Å². The third kappa shape index (κ3) is 3.97. The molecule has 3 rings (SSSR count). The zero-order valence-corrected chi connectivity index (χ0v) is 13.2. The number of benzene rings is 2.